The van der Waals surface area contributed by atoms with Gasteiger partial charge >= 0.3 is 18.0 Å². The third kappa shape index (κ3) is 7.56. The maximum Gasteiger partial charge on any atom is 0.345 e. The van der Waals surface area contributed by atoms with Crippen LogP contribution in [0.25, 0.3) is 0 Å². The van der Waals surface area contributed by atoms with Crippen LogP contribution in [0.15, 0.2) is 0 Å². The van der Waals surface area contributed by atoms with E-state index >= 15 is 0 Å². The van der Waals surface area contributed by atoms with Crippen LogP contribution in [0, 0.1) is 0 Å². The first-order chi connectivity index (χ1) is 5.84. The molecular formula is C2H3Cl9Si3. The Kier molecular flexibility index (Phi) is 7.32. The highest BCUT2D eigenvalue weighted by Crippen LogP contribution is 2.52. The molecule has 0 aromatic heterocycles. The van der Waals surface area contributed by atoms with Gasteiger partial charge in [-0.05, 0) is 6.04 Å². The molecule has 0 atom stereocenters. The Morgan fingerprint density at radius 1 is 0.643 bits per heavy atom. The first-order valence-electron chi connectivity index (χ1n) is 3.04. The quantitative estimate of drug-likeness (QED) is 0.387. The van der Waals surface area contributed by atoms with E-state index in [1.165, 1.54) is 0 Å². The van der Waals surface area contributed by atoms with E-state index < -0.39 is 23.2 Å². The molecule has 0 aliphatic heterocycles. The predicted octanol–water partition coefficient (Wildman–Crippen LogP) is 5.86. The van der Waals surface area contributed by atoms with Crippen molar-refractivity contribution in [3.05, 3.63) is 0 Å². The van der Waals surface area contributed by atoms with Crippen molar-refractivity contribution in [1.29, 1.82) is 0 Å². The van der Waals surface area contributed by atoms with Gasteiger partial charge < -0.3 is 0 Å². The summed E-state index contributed by atoms with van der Waals surface area (Å²) in [5.41, 5.74) is 0. The third-order valence-corrected chi connectivity index (χ3v) is 16.9. The molecule has 0 spiro atoms. The van der Waals surface area contributed by atoms with E-state index in [2.05, 4.69) is 0 Å². The molecule has 0 saturated carbocycles. The molecule has 0 aromatic carbocycles. The summed E-state index contributed by atoms with van der Waals surface area (Å²) in [5.74, 6) is 0. The van der Waals surface area contributed by atoms with Gasteiger partial charge in [-0.2, -0.15) is 0 Å². The molecule has 0 rings (SSSR count). The van der Waals surface area contributed by atoms with Crippen molar-refractivity contribution < 1.29 is 0 Å². The zero-order valence-electron chi connectivity index (χ0n) is 6.19. The van der Waals surface area contributed by atoms with Gasteiger partial charge in [0.25, 0.3) is 0 Å². The van der Waals surface area contributed by atoms with Crippen LogP contribution in [-0.4, -0.2) is 18.0 Å². The monoisotopic (exact) mass is 426 g/mol. The second-order valence-electron chi connectivity index (χ2n) is 2.46. The summed E-state index contributed by atoms with van der Waals surface area (Å²) in [5, 5.41) is -0.691. The van der Waals surface area contributed by atoms with E-state index in [1.54, 1.807) is 0 Å². The fourth-order valence-electron chi connectivity index (χ4n) is 0.648. The number of rotatable bonds is 4. The Bertz CT molecular complexity index is 172. The van der Waals surface area contributed by atoms with E-state index in [9.17, 15) is 0 Å². The predicted molar refractivity (Wildman–Crippen MR) is 78.5 cm³/mol. The van der Waals surface area contributed by atoms with Gasteiger partial charge in [0.2, 0.25) is 0 Å². The van der Waals surface area contributed by atoms with Gasteiger partial charge in [-0.1, -0.05) is 0 Å². The topological polar surface area (TPSA) is 0 Å². The number of hydrogen-bond donors (Lipinski definition) is 0. The van der Waals surface area contributed by atoms with Crippen molar-refractivity contribution in [2.24, 2.45) is 0 Å². The standard InChI is InChI=1S/C2H3Cl9Si3/c3-12(4,5)1-2(13(6,7)8)14(9,10)11/h2H,1H2. The first-order valence-corrected chi connectivity index (χ1v) is 18.5. The molecule has 0 heterocycles. The molecule has 0 amide bonds. The summed E-state index contributed by atoms with van der Waals surface area (Å²) in [7, 11) is 0. The molecule has 0 aliphatic carbocycles. The van der Waals surface area contributed by atoms with Gasteiger partial charge in [0.05, 0.1) is 0 Å². The molecule has 0 nitrogen and oxygen atoms in total. The van der Waals surface area contributed by atoms with Crippen LogP contribution in [0.2, 0.25) is 11.2 Å². The fourth-order valence-corrected chi connectivity index (χ4v) is 27.5. The van der Waals surface area contributed by atoms with E-state index in [-0.39, 0.29) is 6.04 Å². The largest absolute Gasteiger partial charge is 0.345 e. The summed E-state index contributed by atoms with van der Waals surface area (Å²) in [6.07, 6.45) is 0. The van der Waals surface area contributed by atoms with E-state index in [0.29, 0.717) is 0 Å². The molecule has 14 heavy (non-hydrogen) atoms. The van der Waals surface area contributed by atoms with Gasteiger partial charge in [0.1, 0.15) is 0 Å². The van der Waals surface area contributed by atoms with Gasteiger partial charge in [-0.15, -0.1) is 99.7 Å². The Morgan fingerprint density at radius 2 is 0.929 bits per heavy atom. The molecule has 0 radical (unpaired) electrons. The zero-order valence-corrected chi connectivity index (χ0v) is 16.0. The Morgan fingerprint density at radius 3 is 1.00 bits per heavy atom. The highest BCUT2D eigenvalue weighted by Gasteiger charge is 2.54. The molecule has 0 bridgehead atoms. The molecule has 0 saturated heterocycles. The van der Waals surface area contributed by atoms with E-state index in [1.807, 2.05) is 0 Å². The SMILES string of the molecule is Cl[Si](Cl)(Cl)CC([Si](Cl)(Cl)Cl)[Si](Cl)(Cl)Cl. The molecule has 0 fully saturated rings. The van der Waals surface area contributed by atoms with Crippen molar-refractivity contribution in [2.75, 3.05) is 0 Å². The molecule has 0 aliphatic rings. The fraction of sp³-hybridized carbons (Fsp3) is 1.00. The third-order valence-electron chi connectivity index (χ3n) is 1.23. The Balaban J connectivity index is 4.78. The van der Waals surface area contributed by atoms with Crippen molar-refractivity contribution >= 4 is 118 Å². The second kappa shape index (κ2) is 5.93. The van der Waals surface area contributed by atoms with Crippen LogP contribution in [0.5, 0.6) is 0 Å². The van der Waals surface area contributed by atoms with Crippen molar-refractivity contribution in [3.63, 3.8) is 0 Å². The van der Waals surface area contributed by atoms with Gasteiger partial charge in [0.15, 0.2) is 0 Å². The average molecular weight is 430 g/mol. The van der Waals surface area contributed by atoms with Crippen LogP contribution < -0.4 is 0 Å². The summed E-state index contributed by atoms with van der Waals surface area (Å²) in [4.78, 5) is 0. The maximum atomic E-state index is 5.79. The van der Waals surface area contributed by atoms with Gasteiger partial charge in [-0.25, -0.2) is 0 Å². The molecule has 86 valence electrons. The minimum atomic E-state index is -3.17. The Hall–Kier alpha value is 3.26. The highest BCUT2D eigenvalue weighted by molar-refractivity contribution is 7.76. The average Bonchev–Trinajstić information content (AvgIpc) is 1.75. The van der Waals surface area contributed by atoms with Gasteiger partial charge in [-0.3, -0.25) is 0 Å². The number of halogens is 9. The van der Waals surface area contributed by atoms with E-state index in [4.69, 9.17) is 99.7 Å². The van der Waals surface area contributed by atoms with Crippen LogP contribution >= 0.6 is 99.7 Å². The van der Waals surface area contributed by atoms with Crippen LogP contribution in [0.1, 0.15) is 0 Å². The molecule has 0 N–H and O–H groups in total. The van der Waals surface area contributed by atoms with Crippen LogP contribution in [0.4, 0.5) is 0 Å². The first kappa shape index (κ1) is 17.3. The van der Waals surface area contributed by atoms with Crippen molar-refractivity contribution in [2.45, 2.75) is 11.2 Å². The minimum Gasteiger partial charge on any atom is -0.126 e. The Labute approximate surface area is 127 Å². The minimum absolute atomic E-state index is 0.0725. The van der Waals surface area contributed by atoms with Gasteiger partial charge in [0, 0.05) is 5.16 Å². The summed E-state index contributed by atoms with van der Waals surface area (Å²) in [6, 6.07) is -9.22. The zero-order chi connectivity index (χ0) is 11.8. The molecule has 0 unspecified atom stereocenters. The molecule has 12 heteroatoms. The van der Waals surface area contributed by atoms with E-state index in [0.717, 1.165) is 0 Å². The maximum absolute atomic E-state index is 5.79. The number of hydrogen-bond acceptors (Lipinski definition) is 0. The van der Waals surface area contributed by atoms with Crippen LogP contribution in [0.3, 0.4) is 0 Å². The molecular weight excluding hydrogens is 427 g/mol. The summed E-state index contributed by atoms with van der Waals surface area (Å²) >= 11 is 51.8. The van der Waals surface area contributed by atoms with Crippen molar-refractivity contribution in [3.8, 4) is 0 Å². The molecule has 0 aromatic rings. The lowest BCUT2D eigenvalue weighted by atomic mass is 10.9. The summed E-state index contributed by atoms with van der Waals surface area (Å²) in [6.45, 7) is 0. The van der Waals surface area contributed by atoms with Crippen molar-refractivity contribution in [1.82, 2.24) is 0 Å². The normalized spacial score (nSPS) is 15.0. The lowest BCUT2D eigenvalue weighted by molar-refractivity contribution is 1.29. The lowest BCUT2D eigenvalue weighted by Crippen LogP contribution is -2.37. The highest BCUT2D eigenvalue weighted by atomic mass is 35.9. The smallest absolute Gasteiger partial charge is 0.126 e. The van der Waals surface area contributed by atoms with Crippen LogP contribution in [-0.2, 0) is 0 Å². The summed E-state index contributed by atoms with van der Waals surface area (Å²) < 4.78 is 0. The second-order valence-corrected chi connectivity index (χ2v) is 30.0. The lowest BCUT2D eigenvalue weighted by Gasteiger charge is -2.28.